The molecule has 0 fully saturated rings. The minimum atomic E-state index is 0.0680. The molecular formula is C14H21ClN2O. The maximum Gasteiger partial charge on any atom is 0.220 e. The van der Waals surface area contributed by atoms with Crippen LogP contribution in [-0.4, -0.2) is 37.3 Å². The van der Waals surface area contributed by atoms with Crippen LogP contribution in [0, 0.1) is 0 Å². The summed E-state index contributed by atoms with van der Waals surface area (Å²) in [7, 11) is 4.03. The molecule has 0 spiro atoms. The van der Waals surface area contributed by atoms with Gasteiger partial charge in [-0.15, -0.1) is 11.6 Å². The Balaban J connectivity index is 2.52. The second-order valence-electron chi connectivity index (χ2n) is 4.49. The Labute approximate surface area is 114 Å². The van der Waals surface area contributed by atoms with Crippen molar-refractivity contribution in [2.24, 2.45) is 0 Å². The van der Waals surface area contributed by atoms with Crippen molar-refractivity contribution < 1.29 is 4.79 Å². The maximum atomic E-state index is 11.6. The molecule has 1 amide bonds. The van der Waals surface area contributed by atoms with Crippen LogP contribution in [0.15, 0.2) is 30.3 Å². The molecule has 1 aromatic rings. The van der Waals surface area contributed by atoms with Gasteiger partial charge in [-0.25, -0.2) is 0 Å². The smallest absolute Gasteiger partial charge is 0.220 e. The lowest BCUT2D eigenvalue weighted by Crippen LogP contribution is -2.34. The van der Waals surface area contributed by atoms with E-state index in [2.05, 4.69) is 22.3 Å². The zero-order valence-electron chi connectivity index (χ0n) is 11.0. The van der Waals surface area contributed by atoms with Crippen molar-refractivity contribution in [1.82, 2.24) is 10.2 Å². The van der Waals surface area contributed by atoms with Crippen molar-refractivity contribution >= 4 is 17.5 Å². The average Bonchev–Trinajstić information content (AvgIpc) is 2.37. The van der Waals surface area contributed by atoms with E-state index in [9.17, 15) is 4.79 Å². The van der Waals surface area contributed by atoms with Crippen molar-refractivity contribution in [3.05, 3.63) is 35.9 Å². The highest BCUT2D eigenvalue weighted by Gasteiger charge is 2.14. The molecule has 0 aliphatic carbocycles. The Morgan fingerprint density at radius 1 is 1.33 bits per heavy atom. The highest BCUT2D eigenvalue weighted by molar-refractivity contribution is 6.17. The van der Waals surface area contributed by atoms with Crippen LogP contribution in [0.3, 0.4) is 0 Å². The highest BCUT2D eigenvalue weighted by Crippen LogP contribution is 2.16. The number of hydrogen-bond acceptors (Lipinski definition) is 2. The Bertz CT molecular complexity index is 354. The molecule has 1 unspecified atom stereocenters. The van der Waals surface area contributed by atoms with Gasteiger partial charge in [0.1, 0.15) is 0 Å². The standard InChI is InChI=1S/C14H21ClN2O/c1-17(2)13(12-7-4-3-5-8-12)11-16-14(18)9-6-10-15/h3-5,7-8,13H,6,9-11H2,1-2H3,(H,16,18). The van der Waals surface area contributed by atoms with Crippen LogP contribution >= 0.6 is 11.6 Å². The molecule has 4 heteroatoms. The number of benzene rings is 1. The van der Waals surface area contributed by atoms with Crippen LogP contribution < -0.4 is 5.32 Å². The number of rotatable bonds is 7. The largest absolute Gasteiger partial charge is 0.354 e. The van der Waals surface area contributed by atoms with Crippen molar-refractivity contribution in [2.45, 2.75) is 18.9 Å². The predicted molar refractivity (Wildman–Crippen MR) is 75.8 cm³/mol. The fourth-order valence-corrected chi connectivity index (χ4v) is 1.93. The molecule has 0 bridgehead atoms. The summed E-state index contributed by atoms with van der Waals surface area (Å²) < 4.78 is 0. The van der Waals surface area contributed by atoms with E-state index in [1.807, 2.05) is 32.3 Å². The van der Waals surface area contributed by atoms with Crippen LogP contribution in [-0.2, 0) is 4.79 Å². The van der Waals surface area contributed by atoms with Gasteiger partial charge >= 0.3 is 0 Å². The number of carbonyl (C=O) groups excluding carboxylic acids is 1. The van der Waals surface area contributed by atoms with Crippen molar-refractivity contribution in [1.29, 1.82) is 0 Å². The summed E-state index contributed by atoms with van der Waals surface area (Å²) >= 11 is 5.57. The summed E-state index contributed by atoms with van der Waals surface area (Å²) in [5.74, 6) is 0.599. The molecule has 1 rings (SSSR count). The molecule has 0 aliphatic rings. The monoisotopic (exact) mass is 268 g/mol. The van der Waals surface area contributed by atoms with Gasteiger partial charge in [0.2, 0.25) is 5.91 Å². The topological polar surface area (TPSA) is 32.3 Å². The molecule has 1 aromatic carbocycles. The lowest BCUT2D eigenvalue weighted by atomic mass is 10.1. The number of hydrogen-bond donors (Lipinski definition) is 1. The van der Waals surface area contributed by atoms with E-state index >= 15 is 0 Å². The zero-order valence-corrected chi connectivity index (χ0v) is 11.8. The number of amides is 1. The second-order valence-corrected chi connectivity index (χ2v) is 4.86. The van der Waals surface area contributed by atoms with E-state index in [0.717, 1.165) is 6.42 Å². The van der Waals surface area contributed by atoms with Gasteiger partial charge in [0.15, 0.2) is 0 Å². The first-order valence-electron chi connectivity index (χ1n) is 6.19. The van der Waals surface area contributed by atoms with Crippen LogP contribution in [0.4, 0.5) is 0 Å². The van der Waals surface area contributed by atoms with Crippen molar-refractivity contribution in [3.8, 4) is 0 Å². The summed E-state index contributed by atoms with van der Waals surface area (Å²) in [6, 6.07) is 10.4. The van der Waals surface area contributed by atoms with Gasteiger partial charge in [-0.2, -0.15) is 0 Å². The fourth-order valence-electron chi connectivity index (χ4n) is 1.80. The van der Waals surface area contributed by atoms with E-state index in [1.165, 1.54) is 5.56 Å². The molecule has 0 aliphatic heterocycles. The molecule has 1 atom stereocenters. The van der Waals surface area contributed by atoms with E-state index in [-0.39, 0.29) is 11.9 Å². The summed E-state index contributed by atoms with van der Waals surface area (Å²) in [6.07, 6.45) is 1.23. The molecule has 18 heavy (non-hydrogen) atoms. The number of alkyl halides is 1. The van der Waals surface area contributed by atoms with Crippen LogP contribution in [0.1, 0.15) is 24.4 Å². The van der Waals surface area contributed by atoms with E-state index in [4.69, 9.17) is 11.6 Å². The predicted octanol–water partition coefficient (Wildman–Crippen LogP) is 2.42. The van der Waals surface area contributed by atoms with Crippen molar-refractivity contribution in [3.63, 3.8) is 0 Å². The average molecular weight is 269 g/mol. The van der Waals surface area contributed by atoms with Crippen molar-refractivity contribution in [2.75, 3.05) is 26.5 Å². The minimum absolute atomic E-state index is 0.0680. The Kier molecular flexibility index (Phi) is 6.76. The lowest BCUT2D eigenvalue weighted by Gasteiger charge is -2.25. The summed E-state index contributed by atoms with van der Waals surface area (Å²) in [5.41, 5.74) is 1.21. The molecule has 0 radical (unpaired) electrons. The maximum absolute atomic E-state index is 11.6. The van der Waals surface area contributed by atoms with Gasteiger partial charge in [-0.3, -0.25) is 4.79 Å². The molecule has 0 aromatic heterocycles. The molecule has 0 saturated carbocycles. The normalized spacial score (nSPS) is 12.4. The summed E-state index contributed by atoms with van der Waals surface area (Å²) in [5, 5.41) is 2.96. The third-order valence-corrected chi connectivity index (χ3v) is 3.11. The first-order valence-corrected chi connectivity index (χ1v) is 6.72. The lowest BCUT2D eigenvalue weighted by molar-refractivity contribution is -0.121. The highest BCUT2D eigenvalue weighted by atomic mass is 35.5. The molecular weight excluding hydrogens is 248 g/mol. The first-order chi connectivity index (χ1) is 8.65. The summed E-state index contributed by atoms with van der Waals surface area (Å²) in [6.45, 7) is 0.623. The molecule has 3 nitrogen and oxygen atoms in total. The number of halogens is 1. The van der Waals surface area contributed by atoms with Crippen LogP contribution in [0.2, 0.25) is 0 Å². The van der Waals surface area contributed by atoms with Gasteiger partial charge in [0, 0.05) is 18.8 Å². The molecule has 0 heterocycles. The number of likely N-dealkylation sites (N-methyl/N-ethyl adjacent to an activating group) is 1. The van der Waals surface area contributed by atoms with Gasteiger partial charge in [0.25, 0.3) is 0 Å². The van der Waals surface area contributed by atoms with Gasteiger partial charge in [-0.05, 0) is 26.1 Å². The summed E-state index contributed by atoms with van der Waals surface area (Å²) in [4.78, 5) is 13.7. The molecule has 100 valence electrons. The number of nitrogens with zero attached hydrogens (tertiary/aromatic N) is 1. The van der Waals surface area contributed by atoms with Crippen LogP contribution in [0.25, 0.3) is 0 Å². The quantitative estimate of drug-likeness (QED) is 0.771. The number of nitrogens with one attached hydrogen (secondary N) is 1. The van der Waals surface area contributed by atoms with Gasteiger partial charge in [-0.1, -0.05) is 30.3 Å². The van der Waals surface area contributed by atoms with E-state index < -0.39 is 0 Å². The fraction of sp³-hybridized carbons (Fsp3) is 0.500. The number of carbonyl (C=O) groups is 1. The van der Waals surface area contributed by atoms with Gasteiger partial charge < -0.3 is 10.2 Å². The Morgan fingerprint density at radius 3 is 2.56 bits per heavy atom. The third-order valence-electron chi connectivity index (χ3n) is 2.84. The van der Waals surface area contributed by atoms with Crippen LogP contribution in [0.5, 0.6) is 0 Å². The second kappa shape index (κ2) is 8.11. The molecule has 1 N–H and O–H groups in total. The SMILES string of the molecule is CN(C)C(CNC(=O)CCCCl)c1ccccc1. The Hall–Kier alpha value is -1.06. The van der Waals surface area contributed by atoms with Gasteiger partial charge in [0.05, 0.1) is 6.04 Å². The van der Waals surface area contributed by atoms with E-state index in [1.54, 1.807) is 0 Å². The van der Waals surface area contributed by atoms with E-state index in [0.29, 0.717) is 18.8 Å². The molecule has 0 saturated heterocycles. The minimum Gasteiger partial charge on any atom is -0.354 e. The first kappa shape index (κ1) is 15.0. The Morgan fingerprint density at radius 2 is 2.00 bits per heavy atom. The third kappa shape index (κ3) is 5.07. The zero-order chi connectivity index (χ0) is 13.4.